The third kappa shape index (κ3) is 6.53. The van der Waals surface area contributed by atoms with Crippen LogP contribution in [0.3, 0.4) is 0 Å². The Morgan fingerprint density at radius 2 is 2.03 bits per heavy atom. The molecule has 1 atom stereocenters. The Hall–Kier alpha value is -3.00. The van der Waals surface area contributed by atoms with E-state index in [2.05, 4.69) is 12.2 Å². The van der Waals surface area contributed by atoms with Crippen molar-refractivity contribution < 1.29 is 14.7 Å². The molecule has 1 aliphatic heterocycles. The van der Waals surface area contributed by atoms with Crippen LogP contribution in [0.5, 0.6) is 0 Å². The van der Waals surface area contributed by atoms with Crippen molar-refractivity contribution in [3.05, 3.63) is 64.7 Å². The maximum atomic E-state index is 12.9. The Balaban J connectivity index is 0.000000481. The van der Waals surface area contributed by atoms with Crippen LogP contribution >= 0.6 is 11.6 Å². The van der Waals surface area contributed by atoms with Gasteiger partial charge in [0.1, 0.15) is 0 Å². The van der Waals surface area contributed by atoms with E-state index < -0.39 is 5.97 Å². The molecule has 1 amide bonds. The van der Waals surface area contributed by atoms with E-state index >= 15 is 0 Å². The molecule has 3 aromatic rings. The summed E-state index contributed by atoms with van der Waals surface area (Å²) in [6.07, 6.45) is 1.02. The number of piperazine rings is 1. The molecule has 2 aromatic carbocycles. The lowest BCUT2D eigenvalue weighted by molar-refractivity contribution is -0.137. The van der Waals surface area contributed by atoms with Gasteiger partial charge in [-0.3, -0.25) is 9.59 Å². The highest BCUT2D eigenvalue weighted by atomic mass is 35.5. The van der Waals surface area contributed by atoms with Gasteiger partial charge in [0, 0.05) is 55.2 Å². The van der Waals surface area contributed by atoms with Gasteiger partial charge in [-0.05, 0) is 43.2 Å². The summed E-state index contributed by atoms with van der Waals surface area (Å²) in [5.41, 5.74) is 9.88. The van der Waals surface area contributed by atoms with E-state index in [0.717, 1.165) is 40.7 Å². The quantitative estimate of drug-likeness (QED) is 0.499. The average molecular weight is 483 g/mol. The molecule has 1 aliphatic rings. The van der Waals surface area contributed by atoms with Crippen LogP contribution in [0.4, 0.5) is 0 Å². The van der Waals surface area contributed by atoms with Gasteiger partial charge in [0.05, 0.1) is 16.2 Å². The van der Waals surface area contributed by atoms with E-state index in [9.17, 15) is 9.59 Å². The standard InChI is InChI=1S/C22H23ClN4O.C4H8O2/c1-14-13-27(8-7-25-14)22(28)17-5-6-18-19(23)11-20(26-21(18)10-17)16-4-2-3-15(9-16)12-24;1-2-3-4(5)6/h2-6,9-11,14,25H,7-8,12-13,24H2,1H3;2-3H2,1H3,(H,5,6)/t14-;/m0./s1. The van der Waals surface area contributed by atoms with Crippen molar-refractivity contribution >= 4 is 34.4 Å². The molecule has 8 heteroatoms. The molecule has 2 heterocycles. The molecule has 0 aliphatic carbocycles. The zero-order valence-electron chi connectivity index (χ0n) is 19.6. The summed E-state index contributed by atoms with van der Waals surface area (Å²) in [5.74, 6) is -0.679. The molecule has 0 spiro atoms. The number of carbonyl (C=O) groups is 2. The highest BCUT2D eigenvalue weighted by Gasteiger charge is 2.22. The summed E-state index contributed by atoms with van der Waals surface area (Å²) in [7, 11) is 0. The molecular formula is C26H31ClN4O3. The van der Waals surface area contributed by atoms with Crippen LogP contribution in [-0.2, 0) is 11.3 Å². The monoisotopic (exact) mass is 482 g/mol. The van der Waals surface area contributed by atoms with Gasteiger partial charge in [0.2, 0.25) is 0 Å². The van der Waals surface area contributed by atoms with Crippen molar-refractivity contribution in [2.45, 2.75) is 39.3 Å². The van der Waals surface area contributed by atoms with E-state index in [1.807, 2.05) is 60.4 Å². The molecule has 0 unspecified atom stereocenters. The number of carbonyl (C=O) groups excluding carboxylic acids is 1. The Morgan fingerprint density at radius 1 is 1.24 bits per heavy atom. The number of pyridine rings is 1. The maximum absolute atomic E-state index is 12.9. The molecule has 1 saturated heterocycles. The lowest BCUT2D eigenvalue weighted by atomic mass is 10.0. The Bertz CT molecular complexity index is 1170. The minimum Gasteiger partial charge on any atom is -0.481 e. The number of halogens is 1. The minimum absolute atomic E-state index is 0.0312. The number of nitrogens with zero attached hydrogens (tertiary/aromatic N) is 2. The molecular weight excluding hydrogens is 452 g/mol. The summed E-state index contributed by atoms with van der Waals surface area (Å²) < 4.78 is 0. The van der Waals surface area contributed by atoms with E-state index in [1.54, 1.807) is 0 Å². The van der Waals surface area contributed by atoms with E-state index in [4.69, 9.17) is 27.4 Å². The number of nitrogens with two attached hydrogens (primary N) is 1. The summed E-state index contributed by atoms with van der Waals surface area (Å²) in [4.78, 5) is 29.2. The van der Waals surface area contributed by atoms with Crippen LogP contribution in [0.1, 0.15) is 42.6 Å². The fraction of sp³-hybridized carbons (Fsp3) is 0.346. The first-order valence-corrected chi connectivity index (χ1v) is 11.8. The molecule has 0 bridgehead atoms. The molecule has 4 rings (SSSR count). The number of amides is 1. The number of rotatable bonds is 5. The van der Waals surface area contributed by atoms with Crippen LogP contribution < -0.4 is 11.1 Å². The first-order valence-electron chi connectivity index (χ1n) is 11.5. The maximum Gasteiger partial charge on any atom is 0.303 e. The second kappa shape index (κ2) is 11.9. The van der Waals surface area contributed by atoms with Crippen LogP contribution in [0, 0.1) is 0 Å². The third-order valence-electron chi connectivity index (χ3n) is 5.58. The van der Waals surface area contributed by atoms with Crippen LogP contribution in [-0.4, -0.2) is 52.5 Å². The van der Waals surface area contributed by atoms with Crippen LogP contribution in [0.15, 0.2) is 48.5 Å². The zero-order chi connectivity index (χ0) is 24.7. The molecule has 0 radical (unpaired) electrons. The van der Waals surface area contributed by atoms with Crippen molar-refractivity contribution in [3.63, 3.8) is 0 Å². The lowest BCUT2D eigenvalue weighted by Gasteiger charge is -2.32. The van der Waals surface area contributed by atoms with Gasteiger partial charge in [-0.2, -0.15) is 0 Å². The van der Waals surface area contributed by atoms with Gasteiger partial charge < -0.3 is 21.1 Å². The number of nitrogens with one attached hydrogen (secondary N) is 1. The molecule has 7 nitrogen and oxygen atoms in total. The summed E-state index contributed by atoms with van der Waals surface area (Å²) in [6.45, 7) is 6.62. The predicted molar refractivity (Wildman–Crippen MR) is 136 cm³/mol. The molecule has 180 valence electrons. The minimum atomic E-state index is -0.711. The van der Waals surface area contributed by atoms with Gasteiger partial charge >= 0.3 is 5.97 Å². The number of fused-ring (bicyclic) bond motifs is 1. The first-order chi connectivity index (χ1) is 16.3. The normalized spacial score (nSPS) is 15.5. The Morgan fingerprint density at radius 3 is 2.68 bits per heavy atom. The van der Waals surface area contributed by atoms with Gasteiger partial charge in [0.25, 0.3) is 5.91 Å². The van der Waals surface area contributed by atoms with Crippen LogP contribution in [0.2, 0.25) is 5.02 Å². The molecule has 1 aromatic heterocycles. The van der Waals surface area contributed by atoms with Gasteiger partial charge in [-0.25, -0.2) is 4.98 Å². The number of carboxylic acids is 1. The number of carboxylic acid groups (broad SMARTS) is 1. The zero-order valence-corrected chi connectivity index (χ0v) is 20.3. The third-order valence-corrected chi connectivity index (χ3v) is 5.90. The number of hydrogen-bond acceptors (Lipinski definition) is 5. The summed E-state index contributed by atoms with van der Waals surface area (Å²) in [5, 5.41) is 12.7. The summed E-state index contributed by atoms with van der Waals surface area (Å²) in [6, 6.07) is 15.7. The highest BCUT2D eigenvalue weighted by Crippen LogP contribution is 2.29. The van der Waals surface area contributed by atoms with Crippen molar-refractivity contribution in [1.82, 2.24) is 15.2 Å². The van der Waals surface area contributed by atoms with E-state index in [-0.39, 0.29) is 5.91 Å². The van der Waals surface area contributed by atoms with Gasteiger partial charge in [-0.15, -0.1) is 0 Å². The topological polar surface area (TPSA) is 109 Å². The Kier molecular flexibility index (Phi) is 8.98. The number of hydrogen-bond donors (Lipinski definition) is 3. The summed E-state index contributed by atoms with van der Waals surface area (Å²) >= 11 is 6.52. The van der Waals surface area contributed by atoms with E-state index in [1.165, 1.54) is 0 Å². The van der Waals surface area contributed by atoms with Gasteiger partial charge in [0.15, 0.2) is 0 Å². The number of aliphatic carboxylic acids is 1. The lowest BCUT2D eigenvalue weighted by Crippen LogP contribution is -2.51. The van der Waals surface area contributed by atoms with E-state index in [0.29, 0.717) is 42.7 Å². The Labute approximate surface area is 204 Å². The fourth-order valence-corrected chi connectivity index (χ4v) is 4.10. The number of aromatic nitrogens is 1. The largest absolute Gasteiger partial charge is 0.481 e. The number of benzene rings is 2. The highest BCUT2D eigenvalue weighted by molar-refractivity contribution is 6.35. The fourth-order valence-electron chi connectivity index (χ4n) is 3.84. The SMILES string of the molecule is CCCC(=O)O.C[C@H]1CN(C(=O)c2ccc3c(Cl)cc(-c4cccc(CN)c4)nc3c2)CCN1. The van der Waals surface area contributed by atoms with Crippen molar-refractivity contribution in [2.24, 2.45) is 5.73 Å². The van der Waals surface area contributed by atoms with Crippen molar-refractivity contribution in [1.29, 1.82) is 0 Å². The predicted octanol–water partition coefficient (Wildman–Crippen LogP) is 4.32. The molecule has 1 fully saturated rings. The second-order valence-electron chi connectivity index (χ2n) is 8.38. The van der Waals surface area contributed by atoms with Crippen molar-refractivity contribution in [3.8, 4) is 11.3 Å². The van der Waals surface area contributed by atoms with Crippen LogP contribution in [0.25, 0.3) is 22.2 Å². The van der Waals surface area contributed by atoms with Gasteiger partial charge in [-0.1, -0.05) is 42.8 Å². The van der Waals surface area contributed by atoms with Crippen molar-refractivity contribution in [2.75, 3.05) is 19.6 Å². The smallest absolute Gasteiger partial charge is 0.303 e. The molecule has 0 saturated carbocycles. The first kappa shape index (κ1) is 25.6. The second-order valence-corrected chi connectivity index (χ2v) is 8.78. The molecule has 34 heavy (non-hydrogen) atoms. The molecule has 4 N–H and O–H groups in total. The average Bonchev–Trinajstić information content (AvgIpc) is 2.83.